The first-order valence-corrected chi connectivity index (χ1v) is 10.8. The molecule has 4 rings (SSSR count). The number of hydrogen-bond donors (Lipinski definition) is 1. The number of rotatable bonds is 4. The fourth-order valence-corrected chi connectivity index (χ4v) is 5.78. The van der Waals surface area contributed by atoms with Crippen LogP contribution in [0.1, 0.15) is 45.4 Å². The van der Waals surface area contributed by atoms with Gasteiger partial charge in [0.05, 0.1) is 11.8 Å². The highest BCUT2D eigenvalue weighted by molar-refractivity contribution is 7.90. The summed E-state index contributed by atoms with van der Waals surface area (Å²) in [6.07, 6.45) is 5.55. The predicted molar refractivity (Wildman–Crippen MR) is 94.8 cm³/mol. The van der Waals surface area contributed by atoms with Crippen LogP contribution in [0.2, 0.25) is 0 Å². The summed E-state index contributed by atoms with van der Waals surface area (Å²) in [6, 6.07) is 0.0387. The van der Waals surface area contributed by atoms with Crippen molar-refractivity contribution in [2.24, 2.45) is 0 Å². The van der Waals surface area contributed by atoms with Crippen LogP contribution in [0.25, 0.3) is 0 Å². The molecule has 2 aliphatic heterocycles. The van der Waals surface area contributed by atoms with Crippen molar-refractivity contribution in [1.82, 2.24) is 19.2 Å². The van der Waals surface area contributed by atoms with Crippen LogP contribution in [0.3, 0.4) is 0 Å². The normalized spacial score (nSPS) is 26.0. The zero-order valence-corrected chi connectivity index (χ0v) is 16.0. The molecular formula is C17H26N4O4S. The van der Waals surface area contributed by atoms with Gasteiger partial charge in [0, 0.05) is 31.5 Å². The molecule has 1 aliphatic carbocycles. The predicted octanol–water partition coefficient (Wildman–Crippen LogP) is 0.590. The Balaban J connectivity index is 1.55. The molecule has 0 radical (unpaired) electrons. The molecule has 1 atom stereocenters. The molecule has 8 nitrogen and oxygen atoms in total. The highest BCUT2D eigenvalue weighted by atomic mass is 32.2. The Labute approximate surface area is 154 Å². The highest BCUT2D eigenvalue weighted by Crippen LogP contribution is 2.42. The number of piperidine rings is 1. The Morgan fingerprint density at radius 1 is 1.35 bits per heavy atom. The first kappa shape index (κ1) is 17.9. The van der Waals surface area contributed by atoms with E-state index in [1.54, 1.807) is 10.5 Å². The molecule has 1 unspecified atom stereocenters. The number of hydrogen-bond acceptors (Lipinski definition) is 5. The summed E-state index contributed by atoms with van der Waals surface area (Å²) in [4.78, 5) is 17.0. The molecule has 9 heteroatoms. The lowest BCUT2D eigenvalue weighted by molar-refractivity contribution is -0.171. The Kier molecular flexibility index (Phi) is 4.36. The van der Waals surface area contributed by atoms with E-state index in [-0.39, 0.29) is 17.2 Å². The van der Waals surface area contributed by atoms with Crippen molar-refractivity contribution >= 4 is 15.9 Å². The van der Waals surface area contributed by atoms with Crippen LogP contribution in [0.15, 0.2) is 12.4 Å². The number of nitrogens with one attached hydrogen (secondary N) is 1. The van der Waals surface area contributed by atoms with Gasteiger partial charge in [-0.1, -0.05) is 0 Å². The molecule has 3 heterocycles. The van der Waals surface area contributed by atoms with Crippen LogP contribution in [-0.4, -0.2) is 58.7 Å². The van der Waals surface area contributed by atoms with E-state index in [1.807, 2.05) is 24.6 Å². The Morgan fingerprint density at radius 3 is 2.65 bits per heavy atom. The molecule has 1 N–H and O–H groups in total. The molecule has 1 saturated carbocycles. The summed E-state index contributed by atoms with van der Waals surface area (Å²) < 4.78 is 34.9. The quantitative estimate of drug-likeness (QED) is 0.823. The monoisotopic (exact) mass is 382 g/mol. The zero-order chi connectivity index (χ0) is 18.5. The highest BCUT2D eigenvalue weighted by Gasteiger charge is 2.50. The molecule has 1 aromatic heterocycles. The summed E-state index contributed by atoms with van der Waals surface area (Å²) >= 11 is 0. The second-order valence-electron chi connectivity index (χ2n) is 7.81. The van der Waals surface area contributed by atoms with Gasteiger partial charge < -0.3 is 14.6 Å². The molecule has 144 valence electrons. The largest absolute Gasteiger partial charge is 0.352 e. The van der Waals surface area contributed by atoms with E-state index >= 15 is 0 Å². The van der Waals surface area contributed by atoms with Gasteiger partial charge in [0.1, 0.15) is 11.4 Å². The van der Waals surface area contributed by atoms with Crippen LogP contribution in [0.4, 0.5) is 0 Å². The van der Waals surface area contributed by atoms with Crippen molar-refractivity contribution in [3.8, 4) is 0 Å². The van der Waals surface area contributed by atoms with E-state index in [4.69, 9.17) is 4.74 Å². The zero-order valence-electron chi connectivity index (χ0n) is 15.2. The van der Waals surface area contributed by atoms with Gasteiger partial charge in [-0.05, 0) is 39.5 Å². The number of imidazole rings is 1. The van der Waals surface area contributed by atoms with Crippen LogP contribution in [-0.2, 0) is 31.7 Å². The van der Waals surface area contributed by atoms with Crippen molar-refractivity contribution in [3.05, 3.63) is 18.2 Å². The molecule has 1 saturated heterocycles. The summed E-state index contributed by atoms with van der Waals surface area (Å²) in [6.45, 7) is 5.08. The minimum atomic E-state index is -3.18. The Morgan fingerprint density at radius 2 is 2.04 bits per heavy atom. The second-order valence-corrected chi connectivity index (χ2v) is 10.0. The van der Waals surface area contributed by atoms with Crippen LogP contribution >= 0.6 is 0 Å². The van der Waals surface area contributed by atoms with Crippen LogP contribution in [0, 0.1) is 0 Å². The number of carbonyl (C=O) groups is 1. The smallest absolute Gasteiger partial charge is 0.251 e. The topological polar surface area (TPSA) is 93.5 Å². The molecule has 0 aromatic carbocycles. The maximum atomic E-state index is 12.5. The molecule has 1 aromatic rings. The number of ether oxygens (including phenoxy) is 1. The summed E-state index contributed by atoms with van der Waals surface area (Å²) in [5.74, 6) is 0.668. The molecule has 1 amide bonds. The standard InChI is InChI=1S/C17H26N4O4S/c1-12(2)19-15(22)14-11-20-10-7-18-16(20)17(25-14)5-8-21(9-6-17)26(23,24)13-3-4-13/h7,10,12-14H,3-6,8-9,11H2,1-2H3,(H,19,22). The SMILES string of the molecule is CC(C)NC(=O)C1Cn2ccnc2C2(CCN(S(=O)(=O)C3CC3)CC2)O1. The molecular weight excluding hydrogens is 356 g/mol. The van der Waals surface area contributed by atoms with E-state index in [0.29, 0.717) is 32.5 Å². The number of sulfonamides is 1. The van der Waals surface area contributed by atoms with Gasteiger partial charge in [0.15, 0.2) is 6.10 Å². The third kappa shape index (κ3) is 3.05. The van der Waals surface area contributed by atoms with Gasteiger partial charge in [0.2, 0.25) is 10.0 Å². The van der Waals surface area contributed by atoms with E-state index in [2.05, 4.69) is 10.3 Å². The Bertz CT molecular complexity index is 791. The van der Waals surface area contributed by atoms with E-state index in [1.165, 1.54) is 0 Å². The lowest BCUT2D eigenvalue weighted by Gasteiger charge is -2.45. The second kappa shape index (κ2) is 6.31. The van der Waals surface area contributed by atoms with Gasteiger partial charge in [-0.2, -0.15) is 0 Å². The molecule has 2 fully saturated rings. The van der Waals surface area contributed by atoms with E-state index < -0.39 is 21.7 Å². The van der Waals surface area contributed by atoms with Crippen molar-refractivity contribution in [1.29, 1.82) is 0 Å². The number of nitrogens with zero attached hydrogens (tertiary/aromatic N) is 3. The molecule has 26 heavy (non-hydrogen) atoms. The van der Waals surface area contributed by atoms with Crippen molar-refractivity contribution < 1.29 is 17.9 Å². The average molecular weight is 382 g/mol. The van der Waals surface area contributed by atoms with Gasteiger partial charge in [-0.3, -0.25) is 4.79 Å². The Hall–Kier alpha value is -1.45. The average Bonchev–Trinajstić information content (AvgIpc) is 3.34. The summed E-state index contributed by atoms with van der Waals surface area (Å²) in [7, 11) is -3.18. The minimum Gasteiger partial charge on any atom is -0.352 e. The maximum absolute atomic E-state index is 12.5. The fraction of sp³-hybridized carbons (Fsp3) is 0.765. The van der Waals surface area contributed by atoms with Crippen molar-refractivity contribution in [3.63, 3.8) is 0 Å². The van der Waals surface area contributed by atoms with E-state index in [0.717, 1.165) is 18.7 Å². The van der Waals surface area contributed by atoms with E-state index in [9.17, 15) is 13.2 Å². The molecule has 3 aliphatic rings. The fourth-order valence-electron chi connectivity index (χ4n) is 3.93. The molecule has 0 bridgehead atoms. The lowest BCUT2D eigenvalue weighted by Crippen LogP contribution is -2.55. The third-order valence-electron chi connectivity index (χ3n) is 5.41. The van der Waals surface area contributed by atoms with Crippen LogP contribution in [0.5, 0.6) is 0 Å². The first-order valence-electron chi connectivity index (χ1n) is 9.31. The summed E-state index contributed by atoms with van der Waals surface area (Å²) in [5.41, 5.74) is -0.698. The van der Waals surface area contributed by atoms with Crippen molar-refractivity contribution in [2.75, 3.05) is 13.1 Å². The number of amides is 1. The third-order valence-corrected chi connectivity index (χ3v) is 7.81. The van der Waals surface area contributed by atoms with Gasteiger partial charge in [0.25, 0.3) is 5.91 Å². The lowest BCUT2D eigenvalue weighted by atomic mass is 9.89. The summed E-state index contributed by atoms with van der Waals surface area (Å²) in [5, 5.41) is 2.71. The molecule has 1 spiro atoms. The van der Waals surface area contributed by atoms with Gasteiger partial charge >= 0.3 is 0 Å². The van der Waals surface area contributed by atoms with Gasteiger partial charge in [-0.15, -0.1) is 0 Å². The van der Waals surface area contributed by atoms with Crippen LogP contribution < -0.4 is 5.32 Å². The number of aromatic nitrogens is 2. The maximum Gasteiger partial charge on any atom is 0.251 e. The minimum absolute atomic E-state index is 0.0387. The van der Waals surface area contributed by atoms with Gasteiger partial charge in [-0.25, -0.2) is 17.7 Å². The van der Waals surface area contributed by atoms with Crippen molar-refractivity contribution in [2.45, 2.75) is 69.1 Å². The number of fused-ring (bicyclic) bond motifs is 2. The first-order chi connectivity index (χ1) is 12.3. The number of carbonyl (C=O) groups excluding carboxylic acids is 1.